The van der Waals surface area contributed by atoms with E-state index in [1.165, 1.54) is 17.3 Å². The summed E-state index contributed by atoms with van der Waals surface area (Å²) in [5.74, 6) is -0.154. The number of aryl methyl sites for hydroxylation is 2. The SMILES string of the molecule is Cc1ccc(N=C2NC(=O)C(=Cc3ccccc3Cl)S2)c(C)c1. The van der Waals surface area contributed by atoms with Crippen LogP contribution in [0.15, 0.2) is 52.4 Å². The minimum Gasteiger partial charge on any atom is -0.300 e. The molecule has 1 amide bonds. The fourth-order valence-corrected chi connectivity index (χ4v) is 3.27. The number of carbonyl (C=O) groups is 1. The molecule has 1 N–H and O–H groups in total. The summed E-state index contributed by atoms with van der Waals surface area (Å²) in [6.07, 6.45) is 1.78. The van der Waals surface area contributed by atoms with Gasteiger partial charge in [-0.1, -0.05) is 47.5 Å². The van der Waals surface area contributed by atoms with E-state index in [9.17, 15) is 4.79 Å². The Morgan fingerprint density at radius 3 is 2.70 bits per heavy atom. The predicted molar refractivity (Wildman–Crippen MR) is 98.2 cm³/mol. The van der Waals surface area contributed by atoms with Gasteiger partial charge in [-0.25, -0.2) is 4.99 Å². The standard InChI is InChI=1S/C18H15ClN2OS/c1-11-7-8-15(12(2)9-11)20-18-21-17(22)16(23-18)10-13-5-3-4-6-14(13)19/h3-10H,1-2H3,(H,20,21,22). The van der Waals surface area contributed by atoms with Crippen molar-refractivity contribution in [2.45, 2.75) is 13.8 Å². The molecule has 3 nitrogen and oxygen atoms in total. The van der Waals surface area contributed by atoms with Gasteiger partial charge in [-0.15, -0.1) is 0 Å². The zero-order valence-electron chi connectivity index (χ0n) is 12.8. The Balaban J connectivity index is 1.88. The van der Waals surface area contributed by atoms with Crippen molar-refractivity contribution in [3.05, 3.63) is 69.1 Å². The van der Waals surface area contributed by atoms with Crippen LogP contribution in [0.3, 0.4) is 0 Å². The molecule has 0 aliphatic carbocycles. The predicted octanol–water partition coefficient (Wildman–Crippen LogP) is 4.85. The van der Waals surface area contributed by atoms with Gasteiger partial charge in [-0.05, 0) is 54.9 Å². The number of amidine groups is 1. The van der Waals surface area contributed by atoms with E-state index in [0.29, 0.717) is 15.1 Å². The molecule has 0 bridgehead atoms. The summed E-state index contributed by atoms with van der Waals surface area (Å²) in [6, 6.07) is 13.5. The number of hydrogen-bond acceptors (Lipinski definition) is 3. The highest BCUT2D eigenvalue weighted by Crippen LogP contribution is 2.30. The van der Waals surface area contributed by atoms with Crippen LogP contribution in [-0.4, -0.2) is 11.1 Å². The molecule has 2 aromatic carbocycles. The smallest absolute Gasteiger partial charge is 0.264 e. The number of halogens is 1. The van der Waals surface area contributed by atoms with Crippen molar-refractivity contribution in [3.8, 4) is 0 Å². The van der Waals surface area contributed by atoms with E-state index in [1.54, 1.807) is 12.1 Å². The number of amides is 1. The number of benzene rings is 2. The Kier molecular flexibility index (Phi) is 4.55. The zero-order chi connectivity index (χ0) is 16.4. The fraction of sp³-hybridized carbons (Fsp3) is 0.111. The number of hydrogen-bond donors (Lipinski definition) is 1. The van der Waals surface area contributed by atoms with Gasteiger partial charge in [0, 0.05) is 5.02 Å². The minimum absolute atomic E-state index is 0.154. The summed E-state index contributed by atoms with van der Waals surface area (Å²) >= 11 is 7.46. The Morgan fingerprint density at radius 2 is 1.96 bits per heavy atom. The van der Waals surface area contributed by atoms with Gasteiger partial charge < -0.3 is 5.32 Å². The van der Waals surface area contributed by atoms with E-state index in [0.717, 1.165) is 16.8 Å². The molecule has 23 heavy (non-hydrogen) atoms. The van der Waals surface area contributed by atoms with Gasteiger partial charge >= 0.3 is 0 Å². The van der Waals surface area contributed by atoms with Crippen LogP contribution in [0.2, 0.25) is 5.02 Å². The molecule has 1 aliphatic rings. The Labute approximate surface area is 144 Å². The van der Waals surface area contributed by atoms with Crippen LogP contribution in [0.4, 0.5) is 5.69 Å². The number of nitrogens with one attached hydrogen (secondary N) is 1. The van der Waals surface area contributed by atoms with Crippen molar-refractivity contribution in [1.82, 2.24) is 5.32 Å². The second-order valence-electron chi connectivity index (χ2n) is 5.29. The molecule has 3 rings (SSSR count). The van der Waals surface area contributed by atoms with Crippen LogP contribution >= 0.6 is 23.4 Å². The Morgan fingerprint density at radius 1 is 1.17 bits per heavy atom. The van der Waals surface area contributed by atoms with Gasteiger partial charge in [0.25, 0.3) is 5.91 Å². The topological polar surface area (TPSA) is 41.5 Å². The quantitative estimate of drug-likeness (QED) is 0.793. The largest absolute Gasteiger partial charge is 0.300 e. The summed E-state index contributed by atoms with van der Waals surface area (Å²) < 4.78 is 0. The minimum atomic E-state index is -0.154. The summed E-state index contributed by atoms with van der Waals surface area (Å²) in [7, 11) is 0. The molecule has 116 valence electrons. The molecule has 0 unspecified atom stereocenters. The average molecular weight is 343 g/mol. The highest BCUT2D eigenvalue weighted by atomic mass is 35.5. The lowest BCUT2D eigenvalue weighted by molar-refractivity contribution is -0.115. The third-order valence-electron chi connectivity index (χ3n) is 3.42. The maximum absolute atomic E-state index is 12.1. The van der Waals surface area contributed by atoms with Gasteiger partial charge in [-0.3, -0.25) is 4.79 Å². The number of nitrogens with zero attached hydrogens (tertiary/aromatic N) is 1. The third-order valence-corrected chi connectivity index (χ3v) is 4.67. The van der Waals surface area contributed by atoms with E-state index >= 15 is 0 Å². The second-order valence-corrected chi connectivity index (χ2v) is 6.73. The Hall–Kier alpha value is -2.04. The molecule has 0 radical (unpaired) electrons. The first kappa shape index (κ1) is 15.8. The normalized spacial score (nSPS) is 17.8. The monoisotopic (exact) mass is 342 g/mol. The molecule has 2 aromatic rings. The maximum atomic E-state index is 12.1. The number of rotatable bonds is 2. The lowest BCUT2D eigenvalue weighted by Gasteiger charge is -2.02. The lowest BCUT2D eigenvalue weighted by Crippen LogP contribution is -2.19. The Bertz CT molecular complexity index is 843. The molecule has 1 heterocycles. The van der Waals surface area contributed by atoms with E-state index < -0.39 is 0 Å². The molecule has 0 saturated carbocycles. The van der Waals surface area contributed by atoms with E-state index in [-0.39, 0.29) is 5.91 Å². The van der Waals surface area contributed by atoms with E-state index in [2.05, 4.69) is 16.4 Å². The van der Waals surface area contributed by atoms with Gasteiger partial charge in [0.05, 0.1) is 10.6 Å². The van der Waals surface area contributed by atoms with E-state index in [4.69, 9.17) is 11.6 Å². The van der Waals surface area contributed by atoms with Crippen molar-refractivity contribution >= 4 is 46.2 Å². The average Bonchev–Trinajstić information content (AvgIpc) is 2.84. The first-order valence-corrected chi connectivity index (χ1v) is 8.34. The molecule has 0 spiro atoms. The van der Waals surface area contributed by atoms with Crippen molar-refractivity contribution in [2.24, 2.45) is 4.99 Å². The summed E-state index contributed by atoms with van der Waals surface area (Å²) in [5.41, 5.74) is 3.95. The number of carbonyl (C=O) groups excluding carboxylic acids is 1. The molecule has 1 aliphatic heterocycles. The summed E-state index contributed by atoms with van der Waals surface area (Å²) in [4.78, 5) is 17.2. The summed E-state index contributed by atoms with van der Waals surface area (Å²) in [5, 5.41) is 4.00. The van der Waals surface area contributed by atoms with E-state index in [1.807, 2.05) is 44.2 Å². The maximum Gasteiger partial charge on any atom is 0.264 e. The van der Waals surface area contributed by atoms with Gasteiger partial charge in [0.2, 0.25) is 0 Å². The van der Waals surface area contributed by atoms with Crippen LogP contribution in [0.25, 0.3) is 6.08 Å². The third kappa shape index (κ3) is 3.66. The first-order chi connectivity index (χ1) is 11.0. The van der Waals surface area contributed by atoms with Crippen LogP contribution in [0, 0.1) is 13.8 Å². The van der Waals surface area contributed by atoms with Crippen LogP contribution in [0.1, 0.15) is 16.7 Å². The molecule has 1 fully saturated rings. The van der Waals surface area contributed by atoms with Crippen molar-refractivity contribution in [1.29, 1.82) is 0 Å². The summed E-state index contributed by atoms with van der Waals surface area (Å²) in [6.45, 7) is 4.05. The zero-order valence-corrected chi connectivity index (χ0v) is 14.3. The van der Waals surface area contributed by atoms with Crippen molar-refractivity contribution in [3.63, 3.8) is 0 Å². The fourth-order valence-electron chi connectivity index (χ4n) is 2.25. The highest BCUT2D eigenvalue weighted by Gasteiger charge is 2.24. The lowest BCUT2D eigenvalue weighted by atomic mass is 10.1. The van der Waals surface area contributed by atoms with Crippen LogP contribution < -0.4 is 5.32 Å². The molecular formula is C18H15ClN2OS. The molecule has 5 heteroatoms. The number of aliphatic imine (C=N–C) groups is 1. The van der Waals surface area contributed by atoms with Gasteiger partial charge in [0.15, 0.2) is 5.17 Å². The molecular weight excluding hydrogens is 328 g/mol. The molecule has 0 aromatic heterocycles. The first-order valence-electron chi connectivity index (χ1n) is 7.14. The van der Waals surface area contributed by atoms with Crippen molar-refractivity contribution in [2.75, 3.05) is 0 Å². The number of thioether (sulfide) groups is 1. The van der Waals surface area contributed by atoms with Gasteiger partial charge in [0.1, 0.15) is 0 Å². The molecule has 0 atom stereocenters. The van der Waals surface area contributed by atoms with Crippen LogP contribution in [-0.2, 0) is 4.79 Å². The van der Waals surface area contributed by atoms with Crippen molar-refractivity contribution < 1.29 is 4.79 Å². The molecule has 1 saturated heterocycles. The highest BCUT2D eigenvalue weighted by molar-refractivity contribution is 8.18. The van der Waals surface area contributed by atoms with Crippen LogP contribution in [0.5, 0.6) is 0 Å². The second kappa shape index (κ2) is 6.60. The van der Waals surface area contributed by atoms with Gasteiger partial charge in [-0.2, -0.15) is 0 Å².